The highest BCUT2D eigenvalue weighted by Crippen LogP contribution is 2.26. The summed E-state index contributed by atoms with van der Waals surface area (Å²) in [6, 6.07) is 0. The van der Waals surface area contributed by atoms with Gasteiger partial charge in [0.05, 0.1) is 6.10 Å². The van der Waals surface area contributed by atoms with E-state index in [2.05, 4.69) is 13.8 Å². The molecule has 5 nitrogen and oxygen atoms in total. The van der Waals surface area contributed by atoms with Crippen molar-refractivity contribution >= 4 is 10.2 Å². The Morgan fingerprint density at radius 2 is 1.65 bits per heavy atom. The average Bonchev–Trinajstić information content (AvgIpc) is 2.64. The van der Waals surface area contributed by atoms with Crippen molar-refractivity contribution in [1.82, 2.24) is 8.61 Å². The third kappa shape index (κ3) is 2.81. The van der Waals surface area contributed by atoms with Crippen LogP contribution in [0, 0.1) is 11.8 Å². The van der Waals surface area contributed by atoms with Gasteiger partial charge in [-0.05, 0) is 24.7 Å². The first-order valence-electron chi connectivity index (χ1n) is 6.33. The Kier molecular flexibility index (Phi) is 3.77. The summed E-state index contributed by atoms with van der Waals surface area (Å²) in [6.45, 7) is 6.11. The molecule has 0 aromatic carbocycles. The highest BCUT2D eigenvalue weighted by atomic mass is 32.2. The molecule has 2 fully saturated rings. The summed E-state index contributed by atoms with van der Waals surface area (Å²) in [5.74, 6) is 0.835. The van der Waals surface area contributed by atoms with Crippen LogP contribution >= 0.6 is 0 Å². The largest absolute Gasteiger partial charge is 0.392 e. The molecule has 0 aromatic rings. The van der Waals surface area contributed by atoms with Crippen LogP contribution in [0.2, 0.25) is 0 Å². The number of aliphatic hydroxyl groups is 1. The summed E-state index contributed by atoms with van der Waals surface area (Å²) in [5, 5.41) is 9.44. The van der Waals surface area contributed by atoms with Gasteiger partial charge < -0.3 is 5.11 Å². The molecule has 0 radical (unpaired) electrons. The molecule has 0 amide bonds. The van der Waals surface area contributed by atoms with Crippen molar-refractivity contribution < 1.29 is 13.5 Å². The summed E-state index contributed by atoms with van der Waals surface area (Å²) in [4.78, 5) is 0. The molecule has 2 aliphatic heterocycles. The topological polar surface area (TPSA) is 60.9 Å². The molecular weight excluding hydrogens is 240 g/mol. The van der Waals surface area contributed by atoms with Crippen molar-refractivity contribution in [3.63, 3.8) is 0 Å². The van der Waals surface area contributed by atoms with Crippen LogP contribution in [0.1, 0.15) is 26.7 Å². The summed E-state index contributed by atoms with van der Waals surface area (Å²) < 4.78 is 27.7. The van der Waals surface area contributed by atoms with Gasteiger partial charge in [0.2, 0.25) is 0 Å². The van der Waals surface area contributed by atoms with Gasteiger partial charge in [0, 0.05) is 26.2 Å². The van der Waals surface area contributed by atoms with Gasteiger partial charge in [-0.2, -0.15) is 17.0 Å². The third-order valence-corrected chi connectivity index (χ3v) is 5.55. The number of rotatable bonds is 2. The number of hydrogen-bond donors (Lipinski definition) is 1. The number of aliphatic hydroxyl groups excluding tert-OH is 1. The molecule has 0 bridgehead atoms. The minimum atomic E-state index is -3.35. The second-order valence-corrected chi connectivity index (χ2v) is 7.50. The second kappa shape index (κ2) is 4.84. The van der Waals surface area contributed by atoms with Crippen LogP contribution in [0.5, 0.6) is 0 Å². The number of β-amino-alcohol motifs (C(OH)–C–C–N with tert-alkyl or cyclic N) is 1. The van der Waals surface area contributed by atoms with Crippen molar-refractivity contribution in [3.8, 4) is 0 Å². The molecule has 3 atom stereocenters. The lowest BCUT2D eigenvalue weighted by Gasteiger charge is -2.36. The van der Waals surface area contributed by atoms with Gasteiger partial charge in [0.15, 0.2) is 0 Å². The Morgan fingerprint density at radius 1 is 1.06 bits per heavy atom. The predicted molar refractivity (Wildman–Crippen MR) is 65.6 cm³/mol. The van der Waals surface area contributed by atoms with E-state index < -0.39 is 16.3 Å². The van der Waals surface area contributed by atoms with Crippen LogP contribution in [0.15, 0.2) is 0 Å². The molecule has 0 aromatic heterocycles. The lowest BCUT2D eigenvalue weighted by Crippen LogP contribution is -2.49. The second-order valence-electron chi connectivity index (χ2n) is 5.57. The highest BCUT2D eigenvalue weighted by molar-refractivity contribution is 7.86. The minimum absolute atomic E-state index is 0.252. The van der Waals surface area contributed by atoms with Gasteiger partial charge >= 0.3 is 0 Å². The van der Waals surface area contributed by atoms with Crippen LogP contribution in [-0.2, 0) is 10.2 Å². The van der Waals surface area contributed by atoms with E-state index in [1.807, 2.05) is 0 Å². The molecule has 6 heteroatoms. The smallest absolute Gasteiger partial charge is 0.282 e. The molecule has 2 rings (SSSR count). The minimum Gasteiger partial charge on any atom is -0.392 e. The maximum absolute atomic E-state index is 12.4. The zero-order valence-corrected chi connectivity index (χ0v) is 11.4. The first kappa shape index (κ1) is 13.3. The van der Waals surface area contributed by atoms with Crippen LogP contribution in [0.4, 0.5) is 0 Å². The Morgan fingerprint density at radius 3 is 2.12 bits per heavy atom. The maximum atomic E-state index is 12.4. The van der Waals surface area contributed by atoms with Crippen molar-refractivity contribution in [3.05, 3.63) is 0 Å². The maximum Gasteiger partial charge on any atom is 0.282 e. The molecule has 2 heterocycles. The molecule has 2 unspecified atom stereocenters. The van der Waals surface area contributed by atoms with Gasteiger partial charge in [0.1, 0.15) is 0 Å². The lowest BCUT2D eigenvalue weighted by atomic mass is 9.94. The first-order valence-corrected chi connectivity index (χ1v) is 7.72. The number of piperidine rings is 1. The van der Waals surface area contributed by atoms with Crippen molar-refractivity contribution in [2.75, 3.05) is 26.2 Å². The van der Waals surface area contributed by atoms with Crippen LogP contribution in [-0.4, -0.2) is 54.4 Å². The van der Waals surface area contributed by atoms with Crippen LogP contribution < -0.4 is 0 Å². The fraction of sp³-hybridized carbons (Fsp3) is 1.00. The summed E-state index contributed by atoms with van der Waals surface area (Å²) in [6.07, 6.45) is 1.15. The SMILES string of the molecule is CC1CC(C)CN(S(=O)(=O)N2CC[C@H](O)C2)C1. The lowest BCUT2D eigenvalue weighted by molar-refractivity contribution is 0.183. The van der Waals surface area contributed by atoms with Gasteiger partial charge in [-0.1, -0.05) is 13.8 Å². The van der Waals surface area contributed by atoms with E-state index in [9.17, 15) is 13.5 Å². The Labute approximate surface area is 104 Å². The molecule has 2 aliphatic rings. The van der Waals surface area contributed by atoms with E-state index in [0.29, 0.717) is 37.9 Å². The molecule has 2 saturated heterocycles. The van der Waals surface area contributed by atoms with Gasteiger partial charge in [-0.3, -0.25) is 0 Å². The molecule has 0 aliphatic carbocycles. The van der Waals surface area contributed by atoms with E-state index in [0.717, 1.165) is 6.42 Å². The highest BCUT2D eigenvalue weighted by Gasteiger charge is 2.37. The molecule has 0 saturated carbocycles. The van der Waals surface area contributed by atoms with Gasteiger partial charge in [-0.15, -0.1) is 0 Å². The summed E-state index contributed by atoms with van der Waals surface area (Å²) in [5.41, 5.74) is 0. The van der Waals surface area contributed by atoms with Crippen LogP contribution in [0.3, 0.4) is 0 Å². The van der Waals surface area contributed by atoms with Crippen molar-refractivity contribution in [2.24, 2.45) is 11.8 Å². The van der Waals surface area contributed by atoms with Gasteiger partial charge in [-0.25, -0.2) is 0 Å². The van der Waals surface area contributed by atoms with E-state index in [4.69, 9.17) is 0 Å². The Bertz CT molecular complexity index is 361. The Balaban J connectivity index is 2.09. The molecule has 1 N–H and O–H groups in total. The normalized spacial score (nSPS) is 37.5. The fourth-order valence-electron chi connectivity index (χ4n) is 2.88. The number of nitrogens with zero attached hydrogens (tertiary/aromatic N) is 2. The summed E-state index contributed by atoms with van der Waals surface area (Å²) >= 11 is 0. The van der Waals surface area contributed by atoms with E-state index >= 15 is 0 Å². The standard InChI is InChI=1S/C11H22N2O3S/c1-9-5-10(2)7-13(6-9)17(15,16)12-4-3-11(14)8-12/h9-11,14H,3-8H2,1-2H3/t9?,10?,11-/m0/s1. The quantitative estimate of drug-likeness (QED) is 0.777. The Hall–Kier alpha value is -0.170. The molecule has 0 spiro atoms. The zero-order valence-electron chi connectivity index (χ0n) is 10.5. The zero-order chi connectivity index (χ0) is 12.6. The molecular formula is C11H22N2O3S. The molecule has 17 heavy (non-hydrogen) atoms. The predicted octanol–water partition coefficient (Wildman–Crippen LogP) is 0.276. The van der Waals surface area contributed by atoms with Gasteiger partial charge in [0.25, 0.3) is 10.2 Å². The van der Waals surface area contributed by atoms with E-state index in [1.54, 1.807) is 4.31 Å². The first-order chi connectivity index (χ1) is 7.89. The summed E-state index contributed by atoms with van der Waals surface area (Å²) in [7, 11) is -3.35. The average molecular weight is 262 g/mol. The van der Waals surface area contributed by atoms with Crippen LogP contribution in [0.25, 0.3) is 0 Å². The van der Waals surface area contributed by atoms with E-state index in [1.165, 1.54) is 4.31 Å². The monoisotopic (exact) mass is 262 g/mol. The molecule has 100 valence electrons. The van der Waals surface area contributed by atoms with Crippen molar-refractivity contribution in [2.45, 2.75) is 32.8 Å². The van der Waals surface area contributed by atoms with E-state index in [-0.39, 0.29) is 6.54 Å². The fourth-order valence-corrected chi connectivity index (χ4v) is 4.79. The number of hydrogen-bond acceptors (Lipinski definition) is 3. The third-order valence-electron chi connectivity index (χ3n) is 3.61. The van der Waals surface area contributed by atoms with Crippen molar-refractivity contribution in [1.29, 1.82) is 0 Å².